The molecule has 20 heteroatoms. The maximum Gasteiger partial charge on any atom is 0.342 e. The van der Waals surface area contributed by atoms with E-state index >= 15 is 0 Å². The van der Waals surface area contributed by atoms with Crippen LogP contribution in [0.5, 0.6) is 0 Å². The van der Waals surface area contributed by atoms with Crippen molar-refractivity contribution in [3.05, 3.63) is 37.8 Å². The van der Waals surface area contributed by atoms with Crippen molar-refractivity contribution in [2.24, 2.45) is 5.29 Å². The number of ketones is 3. The molecular weight excluding hydrogens is 561 g/mol. The number of carbonyl (C=O) groups excluding carboxylic acids is 4. The maximum atomic E-state index is 14.2. The zero-order valence-electron chi connectivity index (χ0n) is 20.2. The van der Waals surface area contributed by atoms with E-state index in [1.165, 1.54) is 10.3 Å². The van der Waals surface area contributed by atoms with Gasteiger partial charge in [0.15, 0.2) is 23.0 Å². The first kappa shape index (κ1) is 31.8. The van der Waals surface area contributed by atoms with Crippen molar-refractivity contribution in [2.75, 3.05) is 12.4 Å². The van der Waals surface area contributed by atoms with E-state index in [2.05, 4.69) is 5.29 Å². The van der Waals surface area contributed by atoms with Crippen molar-refractivity contribution in [2.45, 2.75) is 55.8 Å². The largest absolute Gasteiger partial charge is 0.382 e. The number of halogens is 2. The van der Waals surface area contributed by atoms with Crippen molar-refractivity contribution in [1.29, 1.82) is 0 Å². The van der Waals surface area contributed by atoms with Crippen molar-refractivity contribution in [3.63, 3.8) is 0 Å². The van der Waals surface area contributed by atoms with Crippen LogP contribution in [0.15, 0.2) is 21.1 Å². The molecule has 7 N–H and O–H groups in total. The molecule has 0 saturated carbocycles. The number of urea groups is 1. The van der Waals surface area contributed by atoms with E-state index < -0.39 is 92.5 Å². The molecule has 216 valence electrons. The van der Waals surface area contributed by atoms with Crippen LogP contribution in [-0.2, 0) is 25.0 Å². The molecule has 1 fully saturated rings. The first-order valence-corrected chi connectivity index (χ1v) is 11.1. The van der Waals surface area contributed by atoms with Gasteiger partial charge in [-0.2, -0.15) is 9.40 Å². The number of H-pyrrole nitrogens is 1. The molecule has 0 aromatic carbocycles. The molecule has 2 heterocycles. The van der Waals surface area contributed by atoms with Crippen molar-refractivity contribution >= 4 is 35.0 Å². The van der Waals surface area contributed by atoms with E-state index in [0.29, 0.717) is 20.8 Å². The minimum Gasteiger partial charge on any atom is -0.382 e. The van der Waals surface area contributed by atoms with Crippen LogP contribution in [0.3, 0.4) is 0 Å². The number of aliphatic hydroxyl groups excluding tert-OH is 1. The molecule has 39 heavy (non-hydrogen) atoms. The van der Waals surface area contributed by atoms with Crippen LogP contribution < -0.4 is 16.6 Å². The number of ether oxygens (including phenoxy) is 1. The number of alkyl halides is 1. The van der Waals surface area contributed by atoms with Gasteiger partial charge in [0.1, 0.15) is 12.2 Å². The van der Waals surface area contributed by atoms with Gasteiger partial charge in [-0.05, 0) is 20.8 Å². The lowest BCUT2D eigenvalue weighted by Crippen LogP contribution is -2.92. The lowest BCUT2D eigenvalue weighted by atomic mass is 9.63. The summed E-state index contributed by atoms with van der Waals surface area (Å²) in [6.45, 7) is 0.802. The van der Waals surface area contributed by atoms with Gasteiger partial charge in [0.2, 0.25) is 11.4 Å². The average molecular weight is 584 g/mol. The minimum atomic E-state index is -4.40. The lowest BCUT2D eigenvalue weighted by Gasteiger charge is -2.61. The summed E-state index contributed by atoms with van der Waals surface area (Å²) in [5.41, 5.74) is -16.2. The summed E-state index contributed by atoms with van der Waals surface area (Å²) in [4.78, 5) is 87.1. The highest BCUT2D eigenvalue weighted by molar-refractivity contribution is 6.18. The Morgan fingerprint density at radius 2 is 1.77 bits per heavy atom. The molecule has 1 aliphatic heterocycles. The van der Waals surface area contributed by atoms with E-state index in [1.54, 1.807) is 0 Å². The summed E-state index contributed by atoms with van der Waals surface area (Å²) in [5.74, 6) is -11.6. The number of aromatic amines is 1. The first-order chi connectivity index (χ1) is 17.8. The third-order valence-electron chi connectivity index (χ3n) is 6.14. The Labute approximate surface area is 220 Å². The molecule has 1 aromatic rings. The third-order valence-corrected chi connectivity index (χ3v) is 6.31. The van der Waals surface area contributed by atoms with E-state index in [0.717, 1.165) is 0 Å². The predicted octanol–water partition coefficient (Wildman–Crippen LogP) is -4.11. The van der Waals surface area contributed by atoms with Crippen LogP contribution in [0.1, 0.15) is 20.8 Å². The zero-order chi connectivity index (χ0) is 30.3. The second-order valence-electron chi connectivity index (χ2n) is 8.43. The molecule has 1 unspecified atom stereocenters. The van der Waals surface area contributed by atoms with Gasteiger partial charge < -0.3 is 30.3 Å². The fourth-order valence-corrected chi connectivity index (χ4v) is 4.26. The number of Topliss-reactive ketones (excluding diaryl/α,β-unsaturated/α-hetero) is 3. The second kappa shape index (κ2) is 10.6. The topological polar surface area (TPSA) is 278 Å². The van der Waals surface area contributed by atoms with Crippen LogP contribution in [0.2, 0.25) is 0 Å². The third kappa shape index (κ3) is 4.46. The summed E-state index contributed by atoms with van der Waals surface area (Å²) in [6.07, 6.45) is -5.80. The summed E-state index contributed by atoms with van der Waals surface area (Å²) in [6, 6.07) is -1.91. The predicted molar refractivity (Wildman–Crippen MR) is 121 cm³/mol. The van der Waals surface area contributed by atoms with Crippen LogP contribution in [-0.4, -0.2) is 105 Å². The molecule has 0 spiro atoms. The van der Waals surface area contributed by atoms with Gasteiger partial charge in [-0.15, -0.1) is 16.5 Å². The van der Waals surface area contributed by atoms with Crippen LogP contribution in [0.4, 0.5) is 9.18 Å². The number of aromatic nitrogens is 2. The molecule has 1 aromatic heterocycles. The lowest BCUT2D eigenvalue weighted by molar-refractivity contribution is -0.464. The van der Waals surface area contributed by atoms with E-state index in [4.69, 9.17) is 16.3 Å². The van der Waals surface area contributed by atoms with Gasteiger partial charge in [-0.3, -0.25) is 29.5 Å². The highest BCUT2D eigenvalue weighted by Crippen LogP contribution is 2.51. The Morgan fingerprint density at radius 1 is 1.21 bits per heavy atom. The maximum absolute atomic E-state index is 14.2. The fourth-order valence-electron chi connectivity index (χ4n) is 4.10. The summed E-state index contributed by atoms with van der Waals surface area (Å²) in [7, 11) is 0. The minimum absolute atomic E-state index is 0.0918. The number of nitroso groups, excluding NO2 is 1. The number of amides is 2. The summed E-state index contributed by atoms with van der Waals surface area (Å²) < 4.78 is 18.8. The van der Waals surface area contributed by atoms with E-state index in [-0.39, 0.29) is 11.2 Å². The highest BCUT2D eigenvalue weighted by atomic mass is 35.5. The van der Waals surface area contributed by atoms with Gasteiger partial charge in [-0.1, -0.05) is 0 Å². The molecule has 2 rings (SSSR count). The van der Waals surface area contributed by atoms with Crippen molar-refractivity contribution in [3.8, 4) is 0 Å². The Kier molecular flexibility index (Phi) is 8.63. The molecule has 0 radical (unpaired) electrons. The zero-order valence-corrected chi connectivity index (χ0v) is 21.0. The smallest absolute Gasteiger partial charge is 0.342 e. The Balaban J connectivity index is 3.15. The van der Waals surface area contributed by atoms with Crippen molar-refractivity contribution < 1.29 is 53.8 Å². The highest BCUT2D eigenvalue weighted by Gasteiger charge is 2.84. The normalized spacial score (nSPS) is 31.2. The second-order valence-corrected chi connectivity index (χ2v) is 8.81. The molecule has 2 amide bonds. The Bertz CT molecular complexity index is 1340. The van der Waals surface area contributed by atoms with Crippen LogP contribution in [0.25, 0.3) is 0 Å². The van der Waals surface area contributed by atoms with Gasteiger partial charge in [0.25, 0.3) is 11.3 Å². The number of aliphatic hydroxyl groups is 5. The van der Waals surface area contributed by atoms with E-state index in [9.17, 15) is 63.6 Å². The SMILES string of the molecule is CC(=O)C(O)[C@H]1O[C@](O)(n2cc(F)c(=O)[nH]c2=O)[C@@](O)(NC(=O)N(CCCl)N=O)[C@](O)(C(C)=O)[C@@]1(O)C(C)=O. The van der Waals surface area contributed by atoms with Crippen molar-refractivity contribution in [1.82, 2.24) is 19.9 Å². The molecular formula is C19H23ClFN5O13. The molecule has 0 aliphatic carbocycles. The van der Waals surface area contributed by atoms with Crippen LogP contribution >= 0.6 is 11.6 Å². The number of carbonyl (C=O) groups is 4. The van der Waals surface area contributed by atoms with Crippen LogP contribution in [0, 0.1) is 10.7 Å². The molecule has 18 nitrogen and oxygen atoms in total. The molecule has 6 atom stereocenters. The molecule has 1 saturated heterocycles. The molecule has 0 bridgehead atoms. The number of nitrogens with zero attached hydrogens (tertiary/aromatic N) is 3. The number of rotatable bonds is 9. The monoisotopic (exact) mass is 583 g/mol. The summed E-state index contributed by atoms with van der Waals surface area (Å²) in [5, 5.41) is 60.2. The fraction of sp³-hybridized carbons (Fsp3) is 0.579. The van der Waals surface area contributed by atoms with Gasteiger partial charge >= 0.3 is 17.6 Å². The van der Waals surface area contributed by atoms with Gasteiger partial charge in [0, 0.05) is 5.88 Å². The quantitative estimate of drug-likeness (QED) is 0.0630. The number of hydrogen-bond donors (Lipinski definition) is 7. The standard InChI is InChI=1S/C19H23ClFN5O13/c1-7(27)11(30)12-16(34,8(2)28)17(35,9(3)29)18(36,23-15(33)26(24-38)5-4-20)19(37,39-12)25-6-10(21)13(31)22-14(25)32/h6,11-12,30,34-37H,4-5H2,1-3H3,(H,23,33)(H,22,31,32)/t11?,12-,16-,17+,18-,19+/m1/s1. The average Bonchev–Trinajstić information content (AvgIpc) is 2.84. The van der Waals surface area contributed by atoms with Gasteiger partial charge in [-0.25, -0.2) is 14.2 Å². The van der Waals surface area contributed by atoms with E-state index in [1.807, 2.05) is 0 Å². The number of hydrogen-bond acceptors (Lipinski definition) is 14. The Hall–Kier alpha value is -3.46. The first-order valence-electron chi connectivity index (χ1n) is 10.6. The van der Waals surface area contributed by atoms with Gasteiger partial charge in [0.05, 0.1) is 18.0 Å². The molecule has 1 aliphatic rings. The summed E-state index contributed by atoms with van der Waals surface area (Å²) >= 11 is 5.45. The number of nitrogens with one attached hydrogen (secondary N) is 2. The Morgan fingerprint density at radius 3 is 2.21 bits per heavy atom.